The van der Waals surface area contributed by atoms with Crippen molar-refractivity contribution in [3.8, 4) is 0 Å². The van der Waals surface area contributed by atoms with E-state index in [0.29, 0.717) is 5.56 Å². The molecule has 3 rings (SSSR count). The van der Waals surface area contributed by atoms with Crippen LogP contribution in [0, 0.1) is 0 Å². The summed E-state index contributed by atoms with van der Waals surface area (Å²) >= 11 is 0. The van der Waals surface area contributed by atoms with Crippen LogP contribution < -0.4 is 11.1 Å². The maximum absolute atomic E-state index is 9.57. The predicted molar refractivity (Wildman–Crippen MR) is 69.8 cm³/mol. The van der Waals surface area contributed by atoms with Crippen molar-refractivity contribution in [2.45, 2.75) is 31.5 Å². The van der Waals surface area contributed by atoms with Gasteiger partial charge in [0.2, 0.25) is 0 Å². The molecule has 5 heteroatoms. The van der Waals surface area contributed by atoms with Gasteiger partial charge in [0, 0.05) is 5.56 Å². The summed E-state index contributed by atoms with van der Waals surface area (Å²) in [5.74, 6) is 0.920. The second kappa shape index (κ2) is 4.05. The van der Waals surface area contributed by atoms with Gasteiger partial charge in [0.25, 0.3) is 0 Å². The number of rotatable bonds is 2. The Kier molecular flexibility index (Phi) is 2.62. The molecule has 2 atom stereocenters. The Bertz CT molecular complexity index is 569. The van der Waals surface area contributed by atoms with E-state index < -0.39 is 6.23 Å². The van der Waals surface area contributed by atoms with Crippen molar-refractivity contribution in [3.05, 3.63) is 29.6 Å². The first kappa shape index (κ1) is 11.6. The van der Waals surface area contributed by atoms with Crippen molar-refractivity contribution in [1.29, 1.82) is 0 Å². The quantitative estimate of drug-likeness (QED) is 0.598. The lowest BCUT2D eigenvalue weighted by Crippen LogP contribution is -2.34. The van der Waals surface area contributed by atoms with E-state index in [1.807, 2.05) is 18.2 Å². The minimum Gasteiger partial charge on any atom is -0.374 e. The number of aromatic nitrogens is 2. The van der Waals surface area contributed by atoms with Crippen LogP contribution >= 0.6 is 0 Å². The molecule has 0 spiro atoms. The van der Waals surface area contributed by atoms with E-state index in [2.05, 4.69) is 22.2 Å². The number of aliphatic hydroxyl groups is 1. The maximum atomic E-state index is 9.57. The van der Waals surface area contributed by atoms with Gasteiger partial charge >= 0.3 is 0 Å². The number of aromatic amines is 1. The number of fused-ring (bicyclic) bond motifs is 1. The fourth-order valence-corrected chi connectivity index (χ4v) is 2.65. The Morgan fingerprint density at radius 3 is 3.00 bits per heavy atom. The average Bonchev–Trinajstić information content (AvgIpc) is 2.94. The van der Waals surface area contributed by atoms with Crippen LogP contribution in [0.15, 0.2) is 18.2 Å². The van der Waals surface area contributed by atoms with Crippen LogP contribution in [-0.2, 0) is 5.54 Å². The Hall–Kier alpha value is -1.43. The summed E-state index contributed by atoms with van der Waals surface area (Å²) in [6.45, 7) is 3.16. The summed E-state index contributed by atoms with van der Waals surface area (Å²) in [6, 6.07) is 5.64. The molecule has 2 heterocycles. The van der Waals surface area contributed by atoms with Gasteiger partial charge in [0.15, 0.2) is 0 Å². The number of benzene rings is 1. The second-order valence-electron chi connectivity index (χ2n) is 5.14. The van der Waals surface area contributed by atoms with E-state index in [1.165, 1.54) is 0 Å². The average molecular weight is 246 g/mol. The van der Waals surface area contributed by atoms with Crippen LogP contribution in [0.5, 0.6) is 0 Å². The van der Waals surface area contributed by atoms with Crippen molar-refractivity contribution in [3.63, 3.8) is 0 Å². The van der Waals surface area contributed by atoms with E-state index in [1.54, 1.807) is 0 Å². The molecule has 96 valence electrons. The van der Waals surface area contributed by atoms with Gasteiger partial charge in [0.1, 0.15) is 12.1 Å². The lowest BCUT2D eigenvalue weighted by molar-refractivity contribution is 0.187. The number of nitrogens with zero attached hydrogens (tertiary/aromatic N) is 1. The van der Waals surface area contributed by atoms with Crippen LogP contribution in [0.4, 0.5) is 0 Å². The predicted octanol–water partition coefficient (Wildman–Crippen LogP) is 1.11. The fourth-order valence-electron chi connectivity index (χ4n) is 2.65. The van der Waals surface area contributed by atoms with E-state index in [9.17, 15) is 5.11 Å². The second-order valence-corrected chi connectivity index (χ2v) is 5.14. The molecule has 2 aromatic rings. The molecule has 1 aromatic heterocycles. The monoisotopic (exact) mass is 246 g/mol. The summed E-state index contributed by atoms with van der Waals surface area (Å²) in [4.78, 5) is 7.96. The summed E-state index contributed by atoms with van der Waals surface area (Å²) in [5.41, 5.74) is 7.80. The van der Waals surface area contributed by atoms with Crippen LogP contribution in [0.25, 0.3) is 11.0 Å². The molecule has 18 heavy (non-hydrogen) atoms. The molecule has 5 N–H and O–H groups in total. The Labute approximate surface area is 105 Å². The summed E-state index contributed by atoms with van der Waals surface area (Å²) < 4.78 is 0. The van der Waals surface area contributed by atoms with Gasteiger partial charge in [0.05, 0.1) is 16.6 Å². The maximum Gasteiger partial charge on any atom is 0.130 e. The van der Waals surface area contributed by atoms with Gasteiger partial charge < -0.3 is 21.1 Å². The standard InChI is InChI=1S/C13H18N4O/c1-13(6-3-7-15-13)12-16-9-5-2-4-8(11(14)18)10(9)17-12/h2,4-5,11,15,18H,3,6-7,14H2,1H3,(H,16,17)/t11?,13-/m1/s1. The Balaban J connectivity index is 2.13. The molecule has 0 amide bonds. The van der Waals surface area contributed by atoms with Gasteiger partial charge in [-0.1, -0.05) is 12.1 Å². The molecular formula is C13H18N4O. The van der Waals surface area contributed by atoms with Crippen molar-refractivity contribution in [2.75, 3.05) is 6.54 Å². The lowest BCUT2D eigenvalue weighted by Gasteiger charge is -2.21. The molecule has 1 fully saturated rings. The first-order valence-corrected chi connectivity index (χ1v) is 6.28. The summed E-state index contributed by atoms with van der Waals surface area (Å²) in [7, 11) is 0. The fraction of sp³-hybridized carbons (Fsp3) is 0.462. The van der Waals surface area contributed by atoms with E-state index in [-0.39, 0.29) is 5.54 Å². The number of aliphatic hydroxyl groups excluding tert-OH is 1. The summed E-state index contributed by atoms with van der Waals surface area (Å²) in [5, 5.41) is 13.0. The first-order chi connectivity index (χ1) is 8.60. The molecule has 1 aliphatic rings. The largest absolute Gasteiger partial charge is 0.374 e. The topological polar surface area (TPSA) is 87.0 Å². The van der Waals surface area contributed by atoms with E-state index in [4.69, 9.17) is 5.73 Å². The number of H-pyrrole nitrogens is 1. The molecule has 1 saturated heterocycles. The number of imidazole rings is 1. The van der Waals surface area contributed by atoms with Crippen molar-refractivity contribution < 1.29 is 5.11 Å². The molecule has 1 unspecified atom stereocenters. The molecule has 1 aromatic carbocycles. The highest BCUT2D eigenvalue weighted by molar-refractivity contribution is 5.79. The molecule has 1 aliphatic heterocycles. The number of nitrogens with one attached hydrogen (secondary N) is 2. The van der Waals surface area contributed by atoms with Crippen molar-refractivity contribution in [2.24, 2.45) is 5.73 Å². The number of hydrogen-bond donors (Lipinski definition) is 4. The zero-order valence-electron chi connectivity index (χ0n) is 10.4. The number of para-hydroxylation sites is 1. The van der Waals surface area contributed by atoms with Gasteiger partial charge in [-0.2, -0.15) is 0 Å². The van der Waals surface area contributed by atoms with Crippen LogP contribution in [0.2, 0.25) is 0 Å². The Morgan fingerprint density at radius 2 is 2.33 bits per heavy atom. The lowest BCUT2D eigenvalue weighted by atomic mass is 10.00. The van der Waals surface area contributed by atoms with Gasteiger partial charge in [-0.15, -0.1) is 0 Å². The molecule has 0 radical (unpaired) electrons. The normalized spacial score (nSPS) is 25.7. The van der Waals surface area contributed by atoms with Crippen LogP contribution in [0.3, 0.4) is 0 Å². The number of hydrogen-bond acceptors (Lipinski definition) is 4. The molecule has 0 saturated carbocycles. The zero-order chi connectivity index (χ0) is 12.8. The van der Waals surface area contributed by atoms with Gasteiger partial charge in [-0.25, -0.2) is 4.98 Å². The molecule has 0 bridgehead atoms. The smallest absolute Gasteiger partial charge is 0.130 e. The van der Waals surface area contributed by atoms with Crippen molar-refractivity contribution in [1.82, 2.24) is 15.3 Å². The molecule has 0 aliphatic carbocycles. The van der Waals surface area contributed by atoms with Crippen molar-refractivity contribution >= 4 is 11.0 Å². The third-order valence-corrected chi connectivity index (χ3v) is 3.75. The highest BCUT2D eigenvalue weighted by Gasteiger charge is 2.33. The van der Waals surface area contributed by atoms with Gasteiger partial charge in [-0.05, 0) is 32.4 Å². The third kappa shape index (κ3) is 1.71. The van der Waals surface area contributed by atoms with E-state index in [0.717, 1.165) is 36.2 Å². The minimum absolute atomic E-state index is 0.101. The third-order valence-electron chi connectivity index (χ3n) is 3.75. The van der Waals surface area contributed by atoms with Crippen LogP contribution in [0.1, 0.15) is 37.4 Å². The molecular weight excluding hydrogens is 228 g/mol. The SMILES string of the molecule is C[C@]1(c2nc3c(C(N)O)cccc3[nH]2)CCCN1. The first-order valence-electron chi connectivity index (χ1n) is 6.28. The highest BCUT2D eigenvalue weighted by Crippen LogP contribution is 2.30. The highest BCUT2D eigenvalue weighted by atomic mass is 16.3. The zero-order valence-corrected chi connectivity index (χ0v) is 10.4. The van der Waals surface area contributed by atoms with Crippen LogP contribution in [-0.4, -0.2) is 21.6 Å². The van der Waals surface area contributed by atoms with Gasteiger partial charge in [-0.3, -0.25) is 0 Å². The summed E-state index contributed by atoms with van der Waals surface area (Å²) in [6.07, 6.45) is 1.22. The number of nitrogens with two attached hydrogens (primary N) is 1. The Morgan fingerprint density at radius 1 is 1.50 bits per heavy atom. The molecule has 5 nitrogen and oxygen atoms in total. The minimum atomic E-state index is -0.991. The van der Waals surface area contributed by atoms with E-state index >= 15 is 0 Å².